The molecule has 2 aliphatic rings. The molecule has 2 fully saturated rings. The van der Waals surface area contributed by atoms with Crippen LogP contribution in [0.15, 0.2) is 29.1 Å². The molecule has 0 bridgehead atoms. The fourth-order valence-corrected chi connectivity index (χ4v) is 5.38. The van der Waals surface area contributed by atoms with E-state index in [0.717, 1.165) is 11.9 Å². The Morgan fingerprint density at radius 1 is 1.07 bits per heavy atom. The summed E-state index contributed by atoms with van der Waals surface area (Å²) in [7, 11) is 1.65. The molecule has 1 saturated carbocycles. The Bertz CT molecular complexity index is 924. The number of carbonyl (C=O) groups excluding carboxylic acids is 1. The summed E-state index contributed by atoms with van der Waals surface area (Å²) in [5.41, 5.74) is 0.746. The number of nitrogens with zero attached hydrogens (tertiary/aromatic N) is 2. The van der Waals surface area contributed by atoms with Crippen LogP contribution < -0.4 is 15.8 Å². The van der Waals surface area contributed by atoms with Crippen molar-refractivity contribution >= 4 is 16.7 Å². The van der Waals surface area contributed by atoms with E-state index in [4.69, 9.17) is 0 Å². The first kappa shape index (κ1) is 20.1. The third-order valence-corrected chi connectivity index (χ3v) is 7.00. The van der Waals surface area contributed by atoms with Crippen LogP contribution in [0.2, 0.25) is 0 Å². The van der Waals surface area contributed by atoms with Gasteiger partial charge in [0.25, 0.3) is 5.56 Å². The molecule has 0 unspecified atom stereocenters. The Morgan fingerprint density at radius 3 is 2.45 bits per heavy atom. The predicted octanol–water partition coefficient (Wildman–Crippen LogP) is 1.36. The number of benzene rings is 1. The Labute approximate surface area is 172 Å². The molecule has 156 valence electrons. The molecule has 1 amide bonds. The predicted molar refractivity (Wildman–Crippen MR) is 114 cm³/mol. The minimum absolute atomic E-state index is 0.00246. The number of fused-ring (bicyclic) bond motifs is 1. The Hall–Kier alpha value is -2.21. The number of hydrogen-bond donors (Lipinski definition) is 2. The van der Waals surface area contributed by atoms with Crippen LogP contribution >= 0.6 is 0 Å². The van der Waals surface area contributed by atoms with Gasteiger partial charge in [-0.15, -0.1) is 0 Å². The summed E-state index contributed by atoms with van der Waals surface area (Å²) in [6, 6.07) is 7.42. The van der Waals surface area contributed by atoms with E-state index in [1.54, 1.807) is 18.0 Å². The fraction of sp³-hybridized carbons (Fsp3) is 0.609. The molecule has 0 radical (unpaired) electrons. The van der Waals surface area contributed by atoms with Crippen molar-refractivity contribution in [3.05, 3.63) is 40.3 Å². The summed E-state index contributed by atoms with van der Waals surface area (Å²) in [5, 5.41) is 9.03. The molecular weight excluding hydrogens is 364 g/mol. The van der Waals surface area contributed by atoms with Gasteiger partial charge in [-0.25, -0.2) is 4.68 Å². The molecule has 0 spiro atoms. The van der Waals surface area contributed by atoms with Crippen molar-refractivity contribution in [1.29, 1.82) is 0 Å². The number of quaternary nitrogens is 1. The first-order chi connectivity index (χ1) is 14.1. The highest BCUT2D eigenvalue weighted by Crippen LogP contribution is 2.26. The minimum Gasteiger partial charge on any atom is -0.349 e. The Balaban J connectivity index is 1.49. The van der Waals surface area contributed by atoms with Crippen molar-refractivity contribution in [2.75, 3.05) is 19.6 Å². The first-order valence-electron chi connectivity index (χ1n) is 11.2. The van der Waals surface area contributed by atoms with Crippen LogP contribution in [-0.4, -0.2) is 40.9 Å². The van der Waals surface area contributed by atoms with Gasteiger partial charge in [-0.1, -0.05) is 24.6 Å². The minimum atomic E-state index is -0.125. The topological polar surface area (TPSA) is 68.4 Å². The van der Waals surface area contributed by atoms with Gasteiger partial charge in [0.15, 0.2) is 0 Å². The van der Waals surface area contributed by atoms with E-state index in [1.165, 1.54) is 69.1 Å². The number of rotatable bonds is 5. The maximum atomic E-state index is 12.9. The number of carbonyl (C=O) groups is 1. The average Bonchev–Trinajstić information content (AvgIpc) is 2.77. The maximum absolute atomic E-state index is 12.9. The molecule has 4 rings (SSSR count). The summed E-state index contributed by atoms with van der Waals surface area (Å²) in [4.78, 5) is 26.9. The molecule has 6 heteroatoms. The quantitative estimate of drug-likeness (QED) is 0.801. The molecule has 6 nitrogen and oxygen atoms in total. The monoisotopic (exact) mass is 397 g/mol. The highest BCUT2D eigenvalue weighted by molar-refractivity contribution is 5.88. The van der Waals surface area contributed by atoms with Gasteiger partial charge in [0.2, 0.25) is 5.91 Å². The number of aromatic nitrogens is 2. The number of hydrogen-bond acceptors (Lipinski definition) is 3. The van der Waals surface area contributed by atoms with Crippen LogP contribution in [0.3, 0.4) is 0 Å². The molecule has 1 aromatic carbocycles. The normalized spacial score (nSPS) is 19.9. The second kappa shape index (κ2) is 8.66. The van der Waals surface area contributed by atoms with Crippen molar-refractivity contribution in [2.24, 2.45) is 7.05 Å². The van der Waals surface area contributed by atoms with Gasteiger partial charge < -0.3 is 10.2 Å². The third-order valence-electron chi connectivity index (χ3n) is 7.00. The molecular formula is C23H33N4O2+. The SMILES string of the molecule is Cn1nc(CC(=O)NCC2([NH+]3CCCCC3)CCCCC2)c2ccccc2c1=O. The molecule has 2 N–H and O–H groups in total. The third kappa shape index (κ3) is 4.22. The van der Waals surface area contributed by atoms with Gasteiger partial charge in [0, 0.05) is 25.3 Å². The van der Waals surface area contributed by atoms with E-state index >= 15 is 0 Å². The van der Waals surface area contributed by atoms with E-state index in [9.17, 15) is 9.59 Å². The van der Waals surface area contributed by atoms with E-state index in [0.29, 0.717) is 11.1 Å². The summed E-state index contributed by atoms with van der Waals surface area (Å²) in [6.45, 7) is 3.23. The summed E-state index contributed by atoms with van der Waals surface area (Å²) in [5.74, 6) is 0.00246. The van der Waals surface area contributed by atoms with Crippen molar-refractivity contribution in [2.45, 2.75) is 63.3 Å². The van der Waals surface area contributed by atoms with E-state index in [1.807, 2.05) is 18.2 Å². The molecule has 1 saturated heterocycles. The van der Waals surface area contributed by atoms with Crippen molar-refractivity contribution in [1.82, 2.24) is 15.1 Å². The number of nitrogens with one attached hydrogen (secondary N) is 2. The molecule has 2 aromatic rings. The standard InChI is InChI=1S/C23H32N4O2/c1-26-22(29)19-11-5-4-10-18(19)20(25-26)16-21(28)24-17-23(12-6-2-7-13-23)27-14-8-3-9-15-27/h4-5,10-11H,2-3,6-9,12-17H2,1H3,(H,24,28)/p+1. The summed E-state index contributed by atoms with van der Waals surface area (Å²) in [6.07, 6.45) is 10.4. The second-order valence-corrected chi connectivity index (χ2v) is 8.88. The smallest absolute Gasteiger partial charge is 0.274 e. The lowest BCUT2D eigenvalue weighted by molar-refractivity contribution is -0.957. The van der Waals surface area contributed by atoms with Crippen molar-refractivity contribution < 1.29 is 9.69 Å². The van der Waals surface area contributed by atoms with Crippen molar-refractivity contribution in [3.8, 4) is 0 Å². The zero-order chi connectivity index (χ0) is 20.3. The largest absolute Gasteiger partial charge is 0.349 e. The lowest BCUT2D eigenvalue weighted by Gasteiger charge is -2.45. The Morgan fingerprint density at radius 2 is 1.72 bits per heavy atom. The van der Waals surface area contributed by atoms with E-state index in [2.05, 4.69) is 10.4 Å². The Kier molecular flexibility index (Phi) is 5.99. The summed E-state index contributed by atoms with van der Waals surface area (Å²) < 4.78 is 1.34. The number of amides is 1. The second-order valence-electron chi connectivity index (χ2n) is 8.88. The van der Waals surface area contributed by atoms with Gasteiger partial charge >= 0.3 is 0 Å². The van der Waals surface area contributed by atoms with Crippen LogP contribution in [0.1, 0.15) is 57.1 Å². The molecule has 1 aromatic heterocycles. The van der Waals surface area contributed by atoms with Gasteiger partial charge in [-0.3, -0.25) is 9.59 Å². The first-order valence-corrected chi connectivity index (χ1v) is 11.2. The number of aryl methyl sites for hydroxylation is 1. The average molecular weight is 398 g/mol. The van der Waals surface area contributed by atoms with Crippen LogP contribution in [0.25, 0.3) is 10.8 Å². The lowest BCUT2D eigenvalue weighted by Crippen LogP contribution is -3.22. The molecule has 1 aliphatic carbocycles. The van der Waals surface area contributed by atoms with Crippen molar-refractivity contribution in [3.63, 3.8) is 0 Å². The maximum Gasteiger partial charge on any atom is 0.274 e. The van der Waals surface area contributed by atoms with Gasteiger partial charge in [-0.2, -0.15) is 5.10 Å². The van der Waals surface area contributed by atoms with E-state index < -0.39 is 0 Å². The van der Waals surface area contributed by atoms with Crippen LogP contribution in [0, 0.1) is 0 Å². The highest BCUT2D eigenvalue weighted by Gasteiger charge is 2.42. The molecule has 29 heavy (non-hydrogen) atoms. The van der Waals surface area contributed by atoms with Crippen LogP contribution in [0.4, 0.5) is 0 Å². The zero-order valence-corrected chi connectivity index (χ0v) is 17.5. The molecule has 2 heterocycles. The van der Waals surface area contributed by atoms with Gasteiger partial charge in [-0.05, 0) is 38.2 Å². The molecule has 0 atom stereocenters. The van der Waals surface area contributed by atoms with Crippen LogP contribution in [-0.2, 0) is 18.3 Å². The highest BCUT2D eigenvalue weighted by atomic mass is 16.1. The zero-order valence-electron chi connectivity index (χ0n) is 17.5. The number of likely N-dealkylation sites (tertiary alicyclic amines) is 1. The number of piperidine rings is 1. The fourth-order valence-electron chi connectivity index (χ4n) is 5.38. The summed E-state index contributed by atoms with van der Waals surface area (Å²) >= 11 is 0. The van der Waals surface area contributed by atoms with Crippen LogP contribution in [0.5, 0.6) is 0 Å². The van der Waals surface area contributed by atoms with Gasteiger partial charge in [0.05, 0.1) is 37.1 Å². The van der Waals surface area contributed by atoms with E-state index in [-0.39, 0.29) is 23.4 Å². The van der Waals surface area contributed by atoms with Gasteiger partial charge in [0.1, 0.15) is 5.54 Å². The lowest BCUT2D eigenvalue weighted by atomic mass is 9.79. The molecule has 1 aliphatic heterocycles.